The number of pyridine rings is 2. The van der Waals surface area contributed by atoms with E-state index in [0.29, 0.717) is 47.2 Å². The van der Waals surface area contributed by atoms with E-state index >= 15 is 0 Å². The number of halogens is 2. The average molecular weight is 451 g/mol. The van der Waals surface area contributed by atoms with E-state index < -0.39 is 5.60 Å². The average Bonchev–Trinajstić information content (AvgIpc) is 3.47. The second-order valence-corrected chi connectivity index (χ2v) is 9.74. The lowest BCUT2D eigenvalue weighted by molar-refractivity contribution is 0.0262. The topological polar surface area (TPSA) is 54.7 Å². The van der Waals surface area contributed by atoms with Crippen molar-refractivity contribution in [1.29, 1.82) is 0 Å². The van der Waals surface area contributed by atoms with Gasteiger partial charge in [-0.1, -0.05) is 29.3 Å². The number of fused-ring (bicyclic) bond motifs is 2. The van der Waals surface area contributed by atoms with E-state index in [1.54, 1.807) is 30.6 Å². The van der Waals surface area contributed by atoms with Gasteiger partial charge in [0, 0.05) is 34.3 Å². The first-order valence-corrected chi connectivity index (χ1v) is 11.1. The third-order valence-corrected chi connectivity index (χ3v) is 7.49. The SMILES string of the molecule is [C-]#[N+]C1[C@H]2CC(O)(c3cc(Cl)ccn3)C[C@@H]12.[C-]#[N+][C@@H]1[C@H]2C=C(c3cc(Cl)ccn3)C[C@H]21. The summed E-state index contributed by atoms with van der Waals surface area (Å²) in [5, 5.41) is 11.8. The van der Waals surface area contributed by atoms with Gasteiger partial charge < -0.3 is 14.8 Å². The van der Waals surface area contributed by atoms with Gasteiger partial charge in [-0.15, -0.1) is 0 Å². The van der Waals surface area contributed by atoms with Gasteiger partial charge in [0.25, 0.3) is 0 Å². The molecule has 3 saturated carbocycles. The molecule has 31 heavy (non-hydrogen) atoms. The normalized spacial score (nSPS) is 36.1. The predicted molar refractivity (Wildman–Crippen MR) is 119 cm³/mol. The molecule has 0 bridgehead atoms. The van der Waals surface area contributed by atoms with Gasteiger partial charge in [0.1, 0.15) is 5.60 Å². The highest BCUT2D eigenvalue weighted by Crippen LogP contribution is 2.60. The smallest absolute Gasteiger partial charge is 0.234 e. The largest absolute Gasteiger partial charge is 0.384 e. The van der Waals surface area contributed by atoms with Gasteiger partial charge in [0.2, 0.25) is 12.1 Å². The van der Waals surface area contributed by atoms with E-state index in [4.69, 9.17) is 36.3 Å². The number of hydrogen-bond donors (Lipinski definition) is 1. The van der Waals surface area contributed by atoms with Crippen LogP contribution in [0.3, 0.4) is 0 Å². The molecule has 2 aromatic heterocycles. The molecule has 5 nitrogen and oxygen atoms in total. The molecule has 4 aliphatic rings. The molecule has 0 amide bonds. The molecule has 0 aliphatic heterocycles. The second kappa shape index (κ2) is 7.61. The van der Waals surface area contributed by atoms with Crippen LogP contribution in [-0.2, 0) is 5.60 Å². The van der Waals surface area contributed by atoms with Crippen molar-refractivity contribution in [1.82, 2.24) is 9.97 Å². The molecule has 0 radical (unpaired) electrons. The summed E-state index contributed by atoms with van der Waals surface area (Å²) in [5.74, 6) is 1.77. The van der Waals surface area contributed by atoms with Crippen molar-refractivity contribution in [3.05, 3.63) is 87.0 Å². The Hall–Kier alpha value is -2.44. The van der Waals surface area contributed by atoms with Crippen molar-refractivity contribution in [3.8, 4) is 0 Å². The number of aliphatic hydroxyl groups is 1. The molecule has 1 N–H and O–H groups in total. The molecule has 0 saturated heterocycles. The third kappa shape index (κ3) is 3.72. The van der Waals surface area contributed by atoms with Crippen molar-refractivity contribution in [3.63, 3.8) is 0 Å². The van der Waals surface area contributed by atoms with Crippen LogP contribution in [0.1, 0.15) is 30.7 Å². The zero-order valence-electron chi connectivity index (χ0n) is 16.6. The standard InChI is InChI=1S/C12H11ClN2O.C12H9ClN2/c1-14-11-8-5-12(16,6-9(8)11)10-4-7(13)2-3-15-10;1-14-12-9-4-7(5-10(9)12)11-6-8(13)2-3-15-11/h2-4,8-9,11,16H,5-6H2;2-4,6,9-10,12H,5H2/t8-,9+,11?,12?;9-,10+,12+/m.0/s1. The molecule has 6 rings (SSSR count). The molecule has 2 heterocycles. The first-order valence-electron chi connectivity index (χ1n) is 10.3. The Morgan fingerprint density at radius 3 is 2.13 bits per heavy atom. The molecular formula is C24H20Cl2N4O. The summed E-state index contributed by atoms with van der Waals surface area (Å²) >= 11 is 11.8. The van der Waals surface area contributed by atoms with Crippen molar-refractivity contribution in [2.24, 2.45) is 23.7 Å². The molecule has 2 unspecified atom stereocenters. The highest BCUT2D eigenvalue weighted by molar-refractivity contribution is 6.30. The maximum Gasteiger partial charge on any atom is 0.234 e. The quantitative estimate of drug-likeness (QED) is 0.630. The molecular weight excluding hydrogens is 431 g/mol. The minimum absolute atomic E-state index is 0.138. The first kappa shape index (κ1) is 20.5. The van der Waals surface area contributed by atoms with Crippen LogP contribution in [0, 0.1) is 36.8 Å². The molecule has 156 valence electrons. The third-order valence-electron chi connectivity index (χ3n) is 7.02. The predicted octanol–water partition coefficient (Wildman–Crippen LogP) is 5.31. The van der Waals surface area contributed by atoms with Gasteiger partial charge in [-0.2, -0.15) is 0 Å². The summed E-state index contributed by atoms with van der Waals surface area (Å²) in [5.41, 5.74) is 2.02. The van der Waals surface area contributed by atoms with Crippen LogP contribution in [0.5, 0.6) is 0 Å². The molecule has 4 aliphatic carbocycles. The van der Waals surface area contributed by atoms with Crippen molar-refractivity contribution < 1.29 is 5.11 Å². The Labute approximate surface area is 191 Å². The second-order valence-electron chi connectivity index (χ2n) is 8.86. The zero-order valence-corrected chi connectivity index (χ0v) is 18.1. The highest BCUT2D eigenvalue weighted by atomic mass is 35.5. The van der Waals surface area contributed by atoms with Crippen LogP contribution in [0.15, 0.2) is 42.7 Å². The Morgan fingerprint density at radius 2 is 1.58 bits per heavy atom. The summed E-state index contributed by atoms with van der Waals surface area (Å²) in [6, 6.07) is 7.48. The first-order chi connectivity index (χ1) is 14.9. The number of allylic oxidation sites excluding steroid dienone is 1. The van der Waals surface area contributed by atoms with Gasteiger partial charge in [0.05, 0.1) is 23.2 Å². The fourth-order valence-electron chi connectivity index (χ4n) is 5.26. The fraction of sp³-hybridized carbons (Fsp3) is 0.417. The van der Waals surface area contributed by atoms with Crippen LogP contribution >= 0.6 is 23.2 Å². The van der Waals surface area contributed by atoms with Gasteiger partial charge >= 0.3 is 0 Å². The number of nitrogens with zero attached hydrogens (tertiary/aromatic N) is 4. The molecule has 7 heteroatoms. The monoisotopic (exact) mass is 450 g/mol. The van der Waals surface area contributed by atoms with Gasteiger partial charge in [0.15, 0.2) is 0 Å². The maximum absolute atomic E-state index is 10.5. The summed E-state index contributed by atoms with van der Waals surface area (Å²) in [6.07, 6.45) is 7.84. The van der Waals surface area contributed by atoms with Gasteiger partial charge in [-0.3, -0.25) is 9.97 Å². The van der Waals surface area contributed by atoms with E-state index in [1.165, 1.54) is 5.57 Å². The number of rotatable bonds is 2. The molecule has 0 aromatic carbocycles. The van der Waals surface area contributed by atoms with E-state index in [1.807, 2.05) is 6.07 Å². The lowest BCUT2D eigenvalue weighted by Gasteiger charge is -2.23. The van der Waals surface area contributed by atoms with E-state index in [0.717, 1.165) is 17.1 Å². The van der Waals surface area contributed by atoms with Crippen LogP contribution < -0.4 is 0 Å². The van der Waals surface area contributed by atoms with Gasteiger partial charge in [-0.25, -0.2) is 13.1 Å². The Kier molecular flexibility index (Phi) is 5.02. The summed E-state index contributed by atoms with van der Waals surface area (Å²) in [7, 11) is 0. The van der Waals surface area contributed by atoms with E-state index in [9.17, 15) is 5.11 Å². The van der Waals surface area contributed by atoms with Crippen LogP contribution in [-0.4, -0.2) is 27.2 Å². The number of aromatic nitrogens is 2. The van der Waals surface area contributed by atoms with Crippen molar-refractivity contribution in [2.75, 3.05) is 0 Å². The molecule has 7 atom stereocenters. The lowest BCUT2D eigenvalue weighted by Crippen LogP contribution is -2.26. The summed E-state index contributed by atoms with van der Waals surface area (Å²) < 4.78 is 0. The van der Waals surface area contributed by atoms with Crippen molar-refractivity contribution >= 4 is 28.8 Å². The Balaban J connectivity index is 0.000000132. The zero-order chi connectivity index (χ0) is 21.8. The van der Waals surface area contributed by atoms with Crippen LogP contribution in [0.25, 0.3) is 15.3 Å². The Morgan fingerprint density at radius 1 is 0.935 bits per heavy atom. The Bertz CT molecular complexity index is 1140. The summed E-state index contributed by atoms with van der Waals surface area (Å²) in [6.45, 7) is 14.0. The van der Waals surface area contributed by atoms with E-state index in [2.05, 4.69) is 25.7 Å². The summed E-state index contributed by atoms with van der Waals surface area (Å²) in [4.78, 5) is 15.6. The van der Waals surface area contributed by atoms with Crippen molar-refractivity contribution in [2.45, 2.75) is 36.9 Å². The molecule has 3 fully saturated rings. The minimum Gasteiger partial charge on any atom is -0.384 e. The van der Waals surface area contributed by atoms with E-state index in [-0.39, 0.29) is 12.1 Å². The maximum atomic E-state index is 10.5. The fourth-order valence-corrected chi connectivity index (χ4v) is 5.58. The molecule has 2 aromatic rings. The van der Waals surface area contributed by atoms with Crippen LogP contribution in [0.2, 0.25) is 10.0 Å². The highest BCUT2D eigenvalue weighted by Gasteiger charge is 2.67. The minimum atomic E-state index is -0.860. The van der Waals surface area contributed by atoms with Crippen LogP contribution in [0.4, 0.5) is 0 Å². The molecule has 0 spiro atoms. The lowest BCUT2D eigenvalue weighted by atomic mass is 9.92. The van der Waals surface area contributed by atoms with Gasteiger partial charge in [-0.05, 0) is 49.1 Å². The number of hydrogen-bond acceptors (Lipinski definition) is 3.